The van der Waals surface area contributed by atoms with Crippen LogP contribution in [0.2, 0.25) is 0 Å². The van der Waals surface area contributed by atoms with Gasteiger partial charge in [0.05, 0.1) is 18.1 Å². The number of nitrogens with zero attached hydrogens (tertiary/aromatic N) is 1. The van der Waals surface area contributed by atoms with Crippen molar-refractivity contribution >= 4 is 17.5 Å². The highest BCUT2D eigenvalue weighted by Gasteiger charge is 2.35. The number of ether oxygens (including phenoxy) is 1. The molecule has 0 bridgehead atoms. The second-order valence-electron chi connectivity index (χ2n) is 6.75. The van der Waals surface area contributed by atoms with Crippen LogP contribution < -0.4 is 15.0 Å². The number of amides is 2. The highest BCUT2D eigenvalue weighted by Crippen LogP contribution is 2.30. The van der Waals surface area contributed by atoms with Crippen molar-refractivity contribution in [3.63, 3.8) is 0 Å². The third-order valence-electron chi connectivity index (χ3n) is 4.68. The van der Waals surface area contributed by atoms with Crippen molar-refractivity contribution in [1.82, 2.24) is 5.32 Å². The van der Waals surface area contributed by atoms with Gasteiger partial charge in [-0.15, -0.1) is 0 Å². The zero-order valence-corrected chi connectivity index (χ0v) is 15.8. The molecular formula is C21H21F3N2O3. The average molecular weight is 406 g/mol. The molecule has 1 aliphatic rings. The van der Waals surface area contributed by atoms with Crippen molar-refractivity contribution in [3.8, 4) is 5.75 Å². The third kappa shape index (κ3) is 5.07. The third-order valence-corrected chi connectivity index (χ3v) is 4.68. The van der Waals surface area contributed by atoms with Crippen LogP contribution in [0, 0.1) is 5.92 Å². The Balaban J connectivity index is 1.59. The molecule has 0 saturated carbocycles. The van der Waals surface area contributed by atoms with E-state index in [2.05, 4.69) is 5.32 Å². The molecule has 154 valence electrons. The van der Waals surface area contributed by atoms with E-state index < -0.39 is 17.7 Å². The number of hydrogen-bond donors (Lipinski definition) is 1. The highest BCUT2D eigenvalue weighted by molar-refractivity contribution is 6.00. The maximum atomic E-state index is 12.8. The van der Waals surface area contributed by atoms with E-state index in [1.165, 1.54) is 17.0 Å². The van der Waals surface area contributed by atoms with Gasteiger partial charge in [0.1, 0.15) is 5.75 Å². The van der Waals surface area contributed by atoms with Crippen LogP contribution in [0.5, 0.6) is 5.75 Å². The summed E-state index contributed by atoms with van der Waals surface area (Å²) in [5, 5.41) is 2.63. The minimum atomic E-state index is -4.43. The van der Waals surface area contributed by atoms with Crippen LogP contribution in [0.1, 0.15) is 24.5 Å². The van der Waals surface area contributed by atoms with E-state index >= 15 is 0 Å². The van der Waals surface area contributed by atoms with Gasteiger partial charge in [-0.25, -0.2) is 0 Å². The Labute approximate surface area is 166 Å². The standard InChI is InChI=1S/C21H21F3N2O3/c1-2-29-18-8-6-17(7-9-18)26-13-15(11-19(26)27)20(28)25-12-14-4-3-5-16(10-14)21(22,23)24/h3-10,15H,2,11-13H2,1H3,(H,25,28)/t15-/m0/s1. The van der Waals surface area contributed by atoms with Crippen molar-refractivity contribution in [2.75, 3.05) is 18.1 Å². The molecule has 1 atom stereocenters. The van der Waals surface area contributed by atoms with Crippen molar-refractivity contribution in [2.24, 2.45) is 5.92 Å². The van der Waals surface area contributed by atoms with Gasteiger partial charge in [0.15, 0.2) is 0 Å². The molecule has 1 heterocycles. The van der Waals surface area contributed by atoms with Crippen molar-refractivity contribution in [1.29, 1.82) is 0 Å². The summed E-state index contributed by atoms with van der Waals surface area (Å²) in [6.45, 7) is 2.61. The molecule has 0 spiro atoms. The predicted molar refractivity (Wildman–Crippen MR) is 101 cm³/mol. The molecule has 2 aromatic carbocycles. The smallest absolute Gasteiger partial charge is 0.416 e. The Bertz CT molecular complexity index is 881. The summed E-state index contributed by atoms with van der Waals surface area (Å²) in [5.74, 6) is -0.393. The predicted octanol–water partition coefficient (Wildman–Crippen LogP) is 3.77. The number of nitrogens with one attached hydrogen (secondary N) is 1. The quantitative estimate of drug-likeness (QED) is 0.795. The summed E-state index contributed by atoms with van der Waals surface area (Å²) in [7, 11) is 0. The molecule has 1 N–H and O–H groups in total. The number of benzene rings is 2. The molecule has 1 fully saturated rings. The van der Waals surface area contributed by atoms with Crippen molar-refractivity contribution in [2.45, 2.75) is 26.1 Å². The van der Waals surface area contributed by atoms with Crippen LogP contribution >= 0.6 is 0 Å². The normalized spacial score (nSPS) is 16.8. The van der Waals surface area contributed by atoms with Gasteiger partial charge in [-0.3, -0.25) is 9.59 Å². The van der Waals surface area contributed by atoms with Crippen molar-refractivity contribution < 1.29 is 27.5 Å². The van der Waals surface area contributed by atoms with E-state index in [9.17, 15) is 22.8 Å². The molecule has 8 heteroatoms. The van der Waals surface area contributed by atoms with E-state index in [0.717, 1.165) is 12.1 Å². The summed E-state index contributed by atoms with van der Waals surface area (Å²) < 4.78 is 43.7. The van der Waals surface area contributed by atoms with Gasteiger partial charge >= 0.3 is 6.18 Å². The zero-order valence-electron chi connectivity index (χ0n) is 15.8. The number of anilines is 1. The van der Waals surface area contributed by atoms with Crippen LogP contribution in [0.25, 0.3) is 0 Å². The molecule has 1 saturated heterocycles. The van der Waals surface area contributed by atoms with Crippen LogP contribution in [-0.2, 0) is 22.3 Å². The van der Waals surface area contributed by atoms with Gasteiger partial charge in [-0.05, 0) is 48.9 Å². The number of hydrogen-bond acceptors (Lipinski definition) is 3. The van der Waals surface area contributed by atoms with E-state index in [1.54, 1.807) is 24.3 Å². The highest BCUT2D eigenvalue weighted by atomic mass is 19.4. The Morgan fingerprint density at radius 2 is 1.93 bits per heavy atom. The van der Waals surface area contributed by atoms with Crippen LogP contribution in [0.4, 0.5) is 18.9 Å². The van der Waals surface area contributed by atoms with Gasteiger partial charge in [0.25, 0.3) is 0 Å². The molecule has 2 aromatic rings. The Kier molecular flexibility index (Phi) is 6.10. The average Bonchev–Trinajstić information content (AvgIpc) is 3.08. The molecule has 29 heavy (non-hydrogen) atoms. The topological polar surface area (TPSA) is 58.6 Å². The fraction of sp³-hybridized carbons (Fsp3) is 0.333. The lowest BCUT2D eigenvalue weighted by atomic mass is 10.1. The number of carbonyl (C=O) groups is 2. The lowest BCUT2D eigenvalue weighted by molar-refractivity contribution is -0.137. The fourth-order valence-corrected chi connectivity index (χ4v) is 3.21. The first-order valence-electron chi connectivity index (χ1n) is 9.25. The monoisotopic (exact) mass is 406 g/mol. The minimum absolute atomic E-state index is 0.0313. The maximum absolute atomic E-state index is 12.8. The van der Waals surface area contributed by atoms with Crippen molar-refractivity contribution in [3.05, 3.63) is 59.7 Å². The van der Waals surface area contributed by atoms with E-state index in [-0.39, 0.29) is 31.3 Å². The van der Waals surface area contributed by atoms with E-state index in [4.69, 9.17) is 4.74 Å². The van der Waals surface area contributed by atoms with E-state index in [1.807, 2.05) is 6.92 Å². The Hall–Kier alpha value is -3.03. The molecule has 5 nitrogen and oxygen atoms in total. The molecule has 0 aliphatic carbocycles. The number of rotatable bonds is 6. The van der Waals surface area contributed by atoms with Gasteiger partial charge < -0.3 is 15.0 Å². The van der Waals surface area contributed by atoms with Crippen LogP contribution in [-0.4, -0.2) is 25.0 Å². The summed E-state index contributed by atoms with van der Waals surface area (Å²) in [4.78, 5) is 26.3. The largest absolute Gasteiger partial charge is 0.494 e. The van der Waals surface area contributed by atoms with Gasteiger partial charge in [0, 0.05) is 25.2 Å². The molecule has 0 unspecified atom stereocenters. The number of alkyl halides is 3. The fourth-order valence-electron chi connectivity index (χ4n) is 3.21. The molecule has 2 amide bonds. The molecule has 3 rings (SSSR count). The number of carbonyl (C=O) groups excluding carboxylic acids is 2. The first-order valence-corrected chi connectivity index (χ1v) is 9.25. The SMILES string of the molecule is CCOc1ccc(N2C[C@@H](C(=O)NCc3cccc(C(F)(F)F)c3)CC2=O)cc1. The summed E-state index contributed by atoms with van der Waals surface area (Å²) >= 11 is 0. The van der Waals surface area contributed by atoms with Gasteiger partial charge in [-0.1, -0.05) is 12.1 Å². The first-order chi connectivity index (χ1) is 13.8. The molecule has 1 aliphatic heterocycles. The molecule has 0 aromatic heterocycles. The van der Waals surface area contributed by atoms with Gasteiger partial charge in [-0.2, -0.15) is 13.2 Å². The van der Waals surface area contributed by atoms with Crippen LogP contribution in [0.15, 0.2) is 48.5 Å². The van der Waals surface area contributed by atoms with Crippen LogP contribution in [0.3, 0.4) is 0 Å². The number of halogens is 3. The van der Waals surface area contributed by atoms with E-state index in [0.29, 0.717) is 23.6 Å². The summed E-state index contributed by atoms with van der Waals surface area (Å²) in [6.07, 6.45) is -4.38. The first kappa shape index (κ1) is 20.7. The summed E-state index contributed by atoms with van der Waals surface area (Å²) in [5.41, 5.74) is 0.259. The minimum Gasteiger partial charge on any atom is -0.494 e. The molecule has 0 radical (unpaired) electrons. The molecular weight excluding hydrogens is 385 g/mol. The Morgan fingerprint density at radius 3 is 2.59 bits per heavy atom. The summed E-state index contributed by atoms with van der Waals surface area (Å²) in [6, 6.07) is 11.8. The lowest BCUT2D eigenvalue weighted by Gasteiger charge is -2.17. The second kappa shape index (κ2) is 8.55. The lowest BCUT2D eigenvalue weighted by Crippen LogP contribution is -2.32. The zero-order chi connectivity index (χ0) is 21.0. The Morgan fingerprint density at radius 1 is 1.21 bits per heavy atom. The second-order valence-corrected chi connectivity index (χ2v) is 6.75. The van der Waals surface area contributed by atoms with Gasteiger partial charge in [0.2, 0.25) is 11.8 Å². The maximum Gasteiger partial charge on any atom is 0.416 e.